The van der Waals surface area contributed by atoms with E-state index in [1.54, 1.807) is 24.0 Å². The van der Waals surface area contributed by atoms with Crippen LogP contribution >= 0.6 is 0 Å². The highest BCUT2D eigenvalue weighted by Gasteiger charge is 2.33. The van der Waals surface area contributed by atoms with Crippen LogP contribution in [-0.4, -0.2) is 59.8 Å². The van der Waals surface area contributed by atoms with Crippen LogP contribution in [0.25, 0.3) is 22.3 Å². The standard InChI is InChI=1S/C29H36F2N6O4Si/c1-29(16-40-17-29)15-33-28(38)35-19-12-21(30)26(22(31)13-19)41-24-7-8-32-27-25(24)20(23-6-9-34-36(23)2)14-37(27)18-39-10-11-42(3,4)5/h6-9,12-14H,10-11,15-18H2,1-5H3,(H2,33,35,38). The molecule has 1 aliphatic rings. The van der Waals surface area contributed by atoms with E-state index >= 15 is 8.78 Å². The van der Waals surface area contributed by atoms with Crippen LogP contribution in [0.3, 0.4) is 0 Å². The first kappa shape index (κ1) is 29.7. The van der Waals surface area contributed by atoms with Crippen LogP contribution in [0, 0.1) is 17.0 Å². The Labute approximate surface area is 244 Å². The van der Waals surface area contributed by atoms with E-state index in [-0.39, 0.29) is 23.6 Å². The minimum absolute atomic E-state index is 0.0399. The zero-order chi connectivity index (χ0) is 30.1. The molecule has 4 heterocycles. The van der Waals surface area contributed by atoms with E-state index < -0.39 is 31.5 Å². The second-order valence-electron chi connectivity index (χ2n) is 12.2. The van der Waals surface area contributed by atoms with Gasteiger partial charge in [-0.3, -0.25) is 4.68 Å². The number of ether oxygens (including phenoxy) is 3. The number of anilines is 1. The molecule has 0 unspecified atom stereocenters. The number of aromatic nitrogens is 4. The molecule has 0 atom stereocenters. The number of rotatable bonds is 11. The highest BCUT2D eigenvalue weighted by molar-refractivity contribution is 6.76. The predicted octanol–water partition coefficient (Wildman–Crippen LogP) is 5.98. The fraction of sp³-hybridized carbons (Fsp3) is 0.414. The third-order valence-electron chi connectivity index (χ3n) is 7.09. The van der Waals surface area contributed by atoms with Crippen LogP contribution in [0.15, 0.2) is 42.9 Å². The van der Waals surface area contributed by atoms with Gasteiger partial charge >= 0.3 is 6.03 Å². The summed E-state index contributed by atoms with van der Waals surface area (Å²) in [6.45, 7) is 11.2. The number of hydrogen-bond donors (Lipinski definition) is 2. The molecular formula is C29H36F2N6O4Si. The van der Waals surface area contributed by atoms with Gasteiger partial charge in [-0.2, -0.15) is 5.10 Å². The maximum Gasteiger partial charge on any atom is 0.319 e. The van der Waals surface area contributed by atoms with Gasteiger partial charge in [-0.05, 0) is 18.2 Å². The highest BCUT2D eigenvalue weighted by atomic mass is 28.3. The van der Waals surface area contributed by atoms with Crippen LogP contribution in [-0.2, 0) is 23.3 Å². The number of carbonyl (C=O) groups excluding carboxylic acids is 1. The van der Waals surface area contributed by atoms with Crippen molar-refractivity contribution in [1.82, 2.24) is 24.6 Å². The van der Waals surface area contributed by atoms with Gasteiger partial charge in [0.1, 0.15) is 18.1 Å². The number of halogens is 2. The molecule has 3 aromatic heterocycles. The molecule has 1 aliphatic heterocycles. The van der Waals surface area contributed by atoms with Gasteiger partial charge in [-0.1, -0.05) is 26.6 Å². The van der Waals surface area contributed by atoms with E-state index in [1.807, 2.05) is 23.8 Å². The summed E-state index contributed by atoms with van der Waals surface area (Å²) < 4.78 is 51.0. The molecule has 0 spiro atoms. The number of benzene rings is 1. The van der Waals surface area contributed by atoms with Crippen LogP contribution in [0.1, 0.15) is 6.92 Å². The zero-order valence-electron chi connectivity index (χ0n) is 24.5. The van der Waals surface area contributed by atoms with Crippen LogP contribution in [0.2, 0.25) is 25.7 Å². The van der Waals surface area contributed by atoms with Crippen molar-refractivity contribution in [2.75, 3.05) is 31.7 Å². The van der Waals surface area contributed by atoms with Crippen molar-refractivity contribution < 1.29 is 27.8 Å². The van der Waals surface area contributed by atoms with Crippen molar-refractivity contribution in [3.8, 4) is 22.8 Å². The SMILES string of the molecule is Cn1nccc1-c1cn(COCC[Si](C)(C)C)c2nccc(Oc3c(F)cc(NC(=O)NCC4(C)COC4)cc3F)c12. The number of carbonyl (C=O) groups is 1. The van der Waals surface area contributed by atoms with Gasteiger partial charge in [0, 0.05) is 75.7 Å². The Kier molecular flexibility index (Phi) is 8.35. The highest BCUT2D eigenvalue weighted by Crippen LogP contribution is 2.39. The number of pyridine rings is 1. The summed E-state index contributed by atoms with van der Waals surface area (Å²) in [5, 5.41) is 10.0. The third-order valence-corrected chi connectivity index (χ3v) is 8.79. The van der Waals surface area contributed by atoms with E-state index in [9.17, 15) is 4.79 Å². The molecular weight excluding hydrogens is 562 g/mol. The van der Waals surface area contributed by atoms with Crippen molar-refractivity contribution >= 4 is 30.8 Å². The summed E-state index contributed by atoms with van der Waals surface area (Å²) >= 11 is 0. The first-order valence-corrected chi connectivity index (χ1v) is 17.5. The smallest absolute Gasteiger partial charge is 0.319 e. The Bertz CT molecular complexity index is 1570. The summed E-state index contributed by atoms with van der Waals surface area (Å²) in [5.41, 5.74) is 1.85. The lowest BCUT2D eigenvalue weighted by atomic mass is 9.89. The lowest BCUT2D eigenvalue weighted by molar-refractivity contribution is -0.0974. The zero-order valence-corrected chi connectivity index (χ0v) is 25.5. The molecule has 42 heavy (non-hydrogen) atoms. The Balaban J connectivity index is 1.40. The van der Waals surface area contributed by atoms with E-state index in [0.717, 1.165) is 29.4 Å². The fourth-order valence-corrected chi connectivity index (χ4v) is 5.36. The topological polar surface area (TPSA) is 104 Å². The number of urea groups is 1. The Morgan fingerprint density at radius 2 is 1.90 bits per heavy atom. The van der Waals surface area contributed by atoms with Gasteiger partial charge in [0.25, 0.3) is 0 Å². The minimum Gasteiger partial charge on any atom is -0.450 e. The molecule has 0 aliphatic carbocycles. The predicted molar refractivity (Wildman–Crippen MR) is 158 cm³/mol. The molecule has 1 saturated heterocycles. The number of nitrogens with zero attached hydrogens (tertiary/aromatic N) is 4. The molecule has 13 heteroatoms. The molecule has 0 bridgehead atoms. The Morgan fingerprint density at radius 1 is 1.17 bits per heavy atom. The number of nitrogens with one attached hydrogen (secondary N) is 2. The summed E-state index contributed by atoms with van der Waals surface area (Å²) in [5.74, 6) is -2.32. The van der Waals surface area contributed by atoms with E-state index in [4.69, 9.17) is 14.2 Å². The van der Waals surface area contributed by atoms with Crippen molar-refractivity contribution in [2.24, 2.45) is 12.5 Å². The third kappa shape index (κ3) is 6.63. The van der Waals surface area contributed by atoms with Gasteiger partial charge in [0.2, 0.25) is 0 Å². The Morgan fingerprint density at radius 3 is 2.52 bits per heavy atom. The van der Waals surface area contributed by atoms with Crippen molar-refractivity contribution in [3.63, 3.8) is 0 Å². The van der Waals surface area contributed by atoms with Crippen LogP contribution < -0.4 is 15.4 Å². The van der Waals surface area contributed by atoms with E-state index in [1.165, 1.54) is 6.20 Å². The average Bonchev–Trinajstić information content (AvgIpc) is 3.49. The number of aryl methyl sites for hydroxylation is 1. The minimum atomic E-state index is -1.27. The molecule has 5 rings (SSSR count). The lowest BCUT2D eigenvalue weighted by Crippen LogP contribution is -2.49. The van der Waals surface area contributed by atoms with Crippen molar-refractivity contribution in [1.29, 1.82) is 0 Å². The molecule has 2 amide bonds. The maximum atomic E-state index is 15.2. The van der Waals surface area contributed by atoms with Crippen molar-refractivity contribution in [3.05, 3.63) is 54.5 Å². The monoisotopic (exact) mass is 598 g/mol. The molecule has 224 valence electrons. The van der Waals surface area contributed by atoms with Crippen molar-refractivity contribution in [2.45, 2.75) is 39.3 Å². The van der Waals surface area contributed by atoms with Crippen LogP contribution in [0.5, 0.6) is 11.5 Å². The van der Waals surface area contributed by atoms with Gasteiger partial charge in [-0.15, -0.1) is 0 Å². The molecule has 1 aromatic carbocycles. The van der Waals surface area contributed by atoms with E-state index in [2.05, 4.69) is 40.4 Å². The molecule has 4 aromatic rings. The summed E-state index contributed by atoms with van der Waals surface area (Å²) in [7, 11) is 0.541. The van der Waals surface area contributed by atoms with Gasteiger partial charge in [0.15, 0.2) is 17.4 Å². The average molecular weight is 599 g/mol. The molecule has 1 fully saturated rings. The second kappa shape index (κ2) is 11.8. The quantitative estimate of drug-likeness (QED) is 0.163. The number of hydrogen-bond acceptors (Lipinski definition) is 6. The number of fused-ring (bicyclic) bond motifs is 1. The normalized spacial score (nSPS) is 14.5. The van der Waals surface area contributed by atoms with Gasteiger partial charge in [-0.25, -0.2) is 18.6 Å². The summed E-state index contributed by atoms with van der Waals surface area (Å²) in [4.78, 5) is 16.8. The van der Waals surface area contributed by atoms with E-state index in [0.29, 0.717) is 37.4 Å². The fourth-order valence-electron chi connectivity index (χ4n) is 4.60. The molecule has 10 nitrogen and oxygen atoms in total. The van der Waals surface area contributed by atoms with Crippen LogP contribution in [0.4, 0.5) is 19.3 Å². The molecule has 0 radical (unpaired) electrons. The first-order chi connectivity index (χ1) is 19.9. The van der Waals surface area contributed by atoms with Gasteiger partial charge < -0.3 is 29.4 Å². The summed E-state index contributed by atoms with van der Waals surface area (Å²) in [6, 6.07) is 5.88. The molecule has 2 N–H and O–H groups in total. The largest absolute Gasteiger partial charge is 0.450 e. The molecule has 0 saturated carbocycles. The maximum absolute atomic E-state index is 15.2. The first-order valence-electron chi connectivity index (χ1n) is 13.8. The lowest BCUT2D eigenvalue weighted by Gasteiger charge is -2.37. The van der Waals surface area contributed by atoms with Gasteiger partial charge in [0.05, 0.1) is 24.3 Å². The summed E-state index contributed by atoms with van der Waals surface area (Å²) in [6.07, 6.45) is 5.07. The second-order valence-corrected chi connectivity index (χ2v) is 17.8. The number of amides is 2. The Hall–Kier alpha value is -3.81.